The molecule has 3 heterocycles. The maximum atomic E-state index is 12.9. The molecule has 3 aromatic rings. The highest BCUT2D eigenvalue weighted by Crippen LogP contribution is 2.32. The van der Waals surface area contributed by atoms with E-state index < -0.39 is 17.9 Å². The number of aromatic nitrogens is 3. The average Bonchev–Trinajstić information content (AvgIpc) is 3.00. The first kappa shape index (κ1) is 17.4. The second-order valence-electron chi connectivity index (χ2n) is 6.41. The number of alkyl halides is 4. The summed E-state index contributed by atoms with van der Waals surface area (Å²) in [6.45, 7) is 0.0709. The van der Waals surface area contributed by atoms with Crippen LogP contribution in [0.2, 0.25) is 0 Å². The number of likely N-dealkylation sites (tertiary alicyclic amines) is 1. The molecule has 5 nitrogen and oxygen atoms in total. The topological polar surface area (TPSA) is 51.0 Å². The van der Waals surface area contributed by atoms with Gasteiger partial charge < -0.3 is 4.90 Å². The number of nitrogens with zero attached hydrogens (tertiary/aromatic N) is 4. The molecule has 2 aromatic heterocycles. The van der Waals surface area contributed by atoms with E-state index in [-0.39, 0.29) is 25.5 Å². The van der Waals surface area contributed by atoms with E-state index in [0.717, 1.165) is 12.1 Å². The van der Waals surface area contributed by atoms with E-state index in [1.54, 1.807) is 12.1 Å². The highest BCUT2D eigenvalue weighted by atomic mass is 19.4. The minimum Gasteiger partial charge on any atom is -0.335 e. The van der Waals surface area contributed by atoms with Crippen LogP contribution in [-0.2, 0) is 17.5 Å². The zero-order valence-electron chi connectivity index (χ0n) is 13.9. The van der Waals surface area contributed by atoms with Crippen molar-refractivity contribution in [1.82, 2.24) is 19.7 Å². The Morgan fingerprint density at radius 3 is 2.63 bits per heavy atom. The molecule has 9 heteroatoms. The van der Waals surface area contributed by atoms with Crippen LogP contribution in [0.3, 0.4) is 0 Å². The Morgan fingerprint density at radius 1 is 1.15 bits per heavy atom. The lowest BCUT2D eigenvalue weighted by molar-refractivity contribution is -0.139. The summed E-state index contributed by atoms with van der Waals surface area (Å²) in [6.07, 6.45) is -2.48. The largest absolute Gasteiger partial charge is 0.416 e. The molecular weight excluding hydrogens is 363 g/mol. The molecule has 0 aliphatic carbocycles. The summed E-state index contributed by atoms with van der Waals surface area (Å²) in [6, 6.07) is 6.59. The molecule has 0 unspecified atom stereocenters. The van der Waals surface area contributed by atoms with E-state index in [0.29, 0.717) is 22.2 Å². The van der Waals surface area contributed by atoms with Crippen molar-refractivity contribution in [3.63, 3.8) is 0 Å². The van der Waals surface area contributed by atoms with Gasteiger partial charge in [0.2, 0.25) is 5.91 Å². The van der Waals surface area contributed by atoms with Crippen molar-refractivity contribution in [3.8, 4) is 11.1 Å². The fourth-order valence-electron chi connectivity index (χ4n) is 2.97. The molecule has 0 atom stereocenters. The number of carbonyl (C=O) groups is 1. The van der Waals surface area contributed by atoms with Gasteiger partial charge in [-0.25, -0.2) is 4.39 Å². The minimum absolute atomic E-state index is 0.0752. The van der Waals surface area contributed by atoms with Crippen molar-refractivity contribution in [2.75, 3.05) is 13.1 Å². The van der Waals surface area contributed by atoms with Crippen LogP contribution in [0.5, 0.6) is 0 Å². The zero-order valence-corrected chi connectivity index (χ0v) is 13.9. The lowest BCUT2D eigenvalue weighted by Crippen LogP contribution is -2.52. The van der Waals surface area contributed by atoms with Crippen molar-refractivity contribution in [1.29, 1.82) is 0 Å². The van der Waals surface area contributed by atoms with Crippen molar-refractivity contribution in [3.05, 3.63) is 48.3 Å². The smallest absolute Gasteiger partial charge is 0.335 e. The standard InChI is InChI=1S/C18H14F4N4O/c19-14-8-25(9-14)17(27)10-26-16-5-12(6-23-15(16)7-24-26)11-2-1-3-13(4-11)18(20,21)22/h1-7,14H,8-10H2/i19-1. The number of hydrogen-bond donors (Lipinski definition) is 0. The Kier molecular flexibility index (Phi) is 4.09. The molecule has 0 N–H and O–H groups in total. The Morgan fingerprint density at radius 2 is 1.93 bits per heavy atom. The molecule has 0 radical (unpaired) electrons. The second kappa shape index (κ2) is 6.33. The van der Waals surface area contributed by atoms with Gasteiger partial charge in [0.05, 0.1) is 30.4 Å². The number of fused-ring (bicyclic) bond motifs is 1. The average molecular weight is 377 g/mol. The number of halogens is 4. The molecule has 0 spiro atoms. The van der Waals surface area contributed by atoms with E-state index in [1.807, 2.05) is 0 Å². The third kappa shape index (κ3) is 3.36. The van der Waals surface area contributed by atoms with Gasteiger partial charge in [-0.1, -0.05) is 12.1 Å². The first-order valence-electron chi connectivity index (χ1n) is 8.22. The number of amides is 1. The van der Waals surface area contributed by atoms with E-state index >= 15 is 0 Å². The molecule has 1 aromatic carbocycles. The van der Waals surface area contributed by atoms with Gasteiger partial charge in [-0.2, -0.15) is 18.3 Å². The van der Waals surface area contributed by atoms with Crippen molar-refractivity contribution < 1.29 is 22.4 Å². The summed E-state index contributed by atoms with van der Waals surface area (Å²) in [7, 11) is 0. The van der Waals surface area contributed by atoms with Gasteiger partial charge in [-0.3, -0.25) is 14.5 Å². The maximum absolute atomic E-state index is 12.9. The predicted octanol–water partition coefficient (Wildman–Crippen LogP) is 3.30. The van der Waals surface area contributed by atoms with E-state index in [9.17, 15) is 22.4 Å². The second-order valence-corrected chi connectivity index (χ2v) is 6.41. The van der Waals surface area contributed by atoms with E-state index in [1.165, 1.54) is 28.0 Å². The normalized spacial score (nSPS) is 15.2. The van der Waals surface area contributed by atoms with Gasteiger partial charge in [-0.15, -0.1) is 0 Å². The third-order valence-electron chi connectivity index (χ3n) is 4.49. The van der Waals surface area contributed by atoms with Crippen LogP contribution < -0.4 is 0 Å². The van der Waals surface area contributed by atoms with Gasteiger partial charge in [0.15, 0.2) is 0 Å². The van der Waals surface area contributed by atoms with Gasteiger partial charge in [0.1, 0.15) is 18.2 Å². The van der Waals surface area contributed by atoms with Crippen LogP contribution in [0, 0.1) is 0 Å². The molecule has 140 valence electrons. The van der Waals surface area contributed by atoms with Crippen molar-refractivity contribution >= 4 is 16.9 Å². The van der Waals surface area contributed by atoms with Crippen LogP contribution in [0.1, 0.15) is 5.56 Å². The van der Waals surface area contributed by atoms with Gasteiger partial charge in [0.25, 0.3) is 0 Å². The summed E-state index contributed by atoms with van der Waals surface area (Å²) in [5.74, 6) is -0.265. The summed E-state index contributed by atoms with van der Waals surface area (Å²) in [4.78, 5) is 17.8. The molecule has 1 fully saturated rings. The summed E-state index contributed by atoms with van der Waals surface area (Å²) < 4.78 is 53.1. The molecule has 0 saturated carbocycles. The van der Waals surface area contributed by atoms with Gasteiger partial charge in [-0.05, 0) is 23.8 Å². The molecule has 0 bridgehead atoms. The third-order valence-corrected chi connectivity index (χ3v) is 4.49. The zero-order chi connectivity index (χ0) is 19.2. The minimum atomic E-state index is -4.44. The van der Waals surface area contributed by atoms with Crippen LogP contribution in [0.25, 0.3) is 22.2 Å². The lowest BCUT2D eigenvalue weighted by Gasteiger charge is -2.34. The first-order chi connectivity index (χ1) is 12.8. The fraction of sp³-hybridized carbons (Fsp3) is 0.278. The van der Waals surface area contributed by atoms with Crippen LogP contribution >= 0.6 is 0 Å². The van der Waals surface area contributed by atoms with Crippen molar-refractivity contribution in [2.45, 2.75) is 18.9 Å². The SMILES string of the molecule is O=C(Cn1ncc2ncc(-c3cccc(C(F)(F)F)c3)cc21)N1CC([18F])C1. The number of rotatable bonds is 3. The molecule has 1 aliphatic rings. The summed E-state index contributed by atoms with van der Waals surface area (Å²) in [5.41, 5.74) is 1.14. The molecule has 1 saturated heterocycles. The highest BCUT2D eigenvalue weighted by molar-refractivity contribution is 5.83. The monoisotopic (exact) mass is 377 g/mol. The Bertz CT molecular complexity index is 1010. The number of hydrogen-bond acceptors (Lipinski definition) is 3. The molecule has 27 heavy (non-hydrogen) atoms. The van der Waals surface area contributed by atoms with E-state index in [4.69, 9.17) is 0 Å². The summed E-state index contributed by atoms with van der Waals surface area (Å²) >= 11 is 0. The molecule has 4 rings (SSSR count). The highest BCUT2D eigenvalue weighted by Gasteiger charge is 2.31. The quantitative estimate of drug-likeness (QED) is 0.658. The first-order valence-corrected chi connectivity index (χ1v) is 8.22. The number of carbonyl (C=O) groups excluding carboxylic acids is 1. The maximum Gasteiger partial charge on any atom is 0.416 e. The Labute approximate surface area is 151 Å². The van der Waals surface area contributed by atoms with E-state index in [2.05, 4.69) is 10.1 Å². The lowest BCUT2D eigenvalue weighted by atomic mass is 10.0. The van der Waals surface area contributed by atoms with Gasteiger partial charge in [0, 0.05) is 11.8 Å². The predicted molar refractivity (Wildman–Crippen MR) is 89.4 cm³/mol. The molecular formula is C18H14F4N4O. The number of pyridine rings is 1. The van der Waals surface area contributed by atoms with Gasteiger partial charge >= 0.3 is 6.18 Å². The molecule has 1 aliphatic heterocycles. The van der Waals surface area contributed by atoms with Crippen LogP contribution in [0.15, 0.2) is 42.7 Å². The summed E-state index contributed by atoms with van der Waals surface area (Å²) in [5, 5.41) is 4.12. The molecule has 1 amide bonds. The van der Waals surface area contributed by atoms with Crippen LogP contribution in [-0.4, -0.2) is 44.8 Å². The fourth-order valence-corrected chi connectivity index (χ4v) is 2.97. The van der Waals surface area contributed by atoms with Crippen LogP contribution in [0.4, 0.5) is 17.6 Å². The Balaban J connectivity index is 1.65. The Hall–Kier alpha value is -2.97. The van der Waals surface area contributed by atoms with Crippen molar-refractivity contribution in [2.24, 2.45) is 0 Å². The number of benzene rings is 1.